The number of hydrogen-bond donors (Lipinski definition) is 3. The number of benzene rings is 1. The van der Waals surface area contributed by atoms with E-state index in [1.54, 1.807) is 26.4 Å². The van der Waals surface area contributed by atoms with Gasteiger partial charge in [0.1, 0.15) is 6.33 Å². The largest absolute Gasteiger partial charge is 0.493 e. The maximum absolute atomic E-state index is 10.8. The van der Waals surface area contributed by atoms with Gasteiger partial charge in [-0.05, 0) is 12.1 Å². The van der Waals surface area contributed by atoms with E-state index in [1.165, 1.54) is 13.3 Å². The van der Waals surface area contributed by atoms with Crippen molar-refractivity contribution in [2.24, 2.45) is 0 Å². The number of amides is 1. The van der Waals surface area contributed by atoms with E-state index in [2.05, 4.69) is 30.9 Å². The van der Waals surface area contributed by atoms with E-state index in [0.717, 1.165) is 5.69 Å². The second kappa shape index (κ2) is 8.51. The highest BCUT2D eigenvalue weighted by Crippen LogP contribution is 2.30. The smallest absolute Gasteiger partial charge is 0.231 e. The number of aromatic nitrogens is 3. The molecule has 24 heavy (non-hydrogen) atoms. The van der Waals surface area contributed by atoms with Crippen LogP contribution in [-0.2, 0) is 4.79 Å². The number of rotatable bonds is 8. The van der Waals surface area contributed by atoms with Crippen LogP contribution in [0.3, 0.4) is 0 Å². The van der Waals surface area contributed by atoms with Crippen LogP contribution in [0.25, 0.3) is 0 Å². The lowest BCUT2D eigenvalue weighted by Crippen LogP contribution is -2.26. The van der Waals surface area contributed by atoms with Crippen molar-refractivity contribution in [1.82, 2.24) is 20.3 Å². The molecule has 1 aromatic carbocycles. The molecule has 2 aromatic rings. The number of hydrogen-bond acceptors (Lipinski definition) is 8. The van der Waals surface area contributed by atoms with Crippen LogP contribution < -0.4 is 25.4 Å². The lowest BCUT2D eigenvalue weighted by molar-refractivity contribution is -0.118. The Balaban J connectivity index is 2.00. The van der Waals surface area contributed by atoms with Crippen LogP contribution in [0, 0.1) is 0 Å². The Bertz CT molecular complexity index is 695. The van der Waals surface area contributed by atoms with Gasteiger partial charge in [0, 0.05) is 31.8 Å². The van der Waals surface area contributed by atoms with E-state index in [4.69, 9.17) is 9.47 Å². The first-order chi connectivity index (χ1) is 11.6. The Morgan fingerprint density at radius 3 is 2.54 bits per heavy atom. The minimum Gasteiger partial charge on any atom is -0.493 e. The van der Waals surface area contributed by atoms with Gasteiger partial charge in [0.05, 0.1) is 14.2 Å². The first-order valence-corrected chi connectivity index (χ1v) is 7.28. The summed E-state index contributed by atoms with van der Waals surface area (Å²) in [5.74, 6) is 1.96. The van der Waals surface area contributed by atoms with Crippen molar-refractivity contribution in [3.05, 3.63) is 24.5 Å². The van der Waals surface area contributed by atoms with Crippen molar-refractivity contribution in [1.29, 1.82) is 0 Å². The number of nitrogens with zero attached hydrogens (tertiary/aromatic N) is 3. The number of carbonyl (C=O) groups excluding carboxylic acids is 1. The monoisotopic (exact) mass is 332 g/mol. The fourth-order valence-electron chi connectivity index (χ4n) is 1.90. The summed E-state index contributed by atoms with van der Waals surface area (Å²) < 4.78 is 10.5. The van der Waals surface area contributed by atoms with Crippen molar-refractivity contribution < 1.29 is 14.3 Å². The molecule has 0 aliphatic heterocycles. The molecule has 9 nitrogen and oxygen atoms in total. The number of methoxy groups -OCH3 is 2. The molecule has 1 heterocycles. The van der Waals surface area contributed by atoms with Crippen molar-refractivity contribution >= 4 is 23.5 Å². The van der Waals surface area contributed by atoms with Crippen molar-refractivity contribution in [2.45, 2.75) is 6.92 Å². The molecule has 0 aliphatic carbocycles. The molecule has 0 unspecified atom stereocenters. The van der Waals surface area contributed by atoms with Crippen LogP contribution >= 0.6 is 0 Å². The average Bonchev–Trinajstić information content (AvgIpc) is 2.59. The third-order valence-electron chi connectivity index (χ3n) is 2.99. The fraction of sp³-hybridized carbons (Fsp3) is 0.333. The third-order valence-corrected chi connectivity index (χ3v) is 2.99. The van der Waals surface area contributed by atoms with Crippen molar-refractivity contribution in [3.8, 4) is 11.5 Å². The molecular weight excluding hydrogens is 312 g/mol. The van der Waals surface area contributed by atoms with Crippen LogP contribution in [0.2, 0.25) is 0 Å². The van der Waals surface area contributed by atoms with E-state index >= 15 is 0 Å². The fourth-order valence-corrected chi connectivity index (χ4v) is 1.90. The van der Waals surface area contributed by atoms with Crippen LogP contribution in [0.15, 0.2) is 24.5 Å². The summed E-state index contributed by atoms with van der Waals surface area (Å²) in [6.07, 6.45) is 1.40. The third kappa shape index (κ3) is 4.97. The second-order valence-corrected chi connectivity index (χ2v) is 4.74. The van der Waals surface area contributed by atoms with Gasteiger partial charge in [-0.25, -0.2) is 9.97 Å². The summed E-state index contributed by atoms with van der Waals surface area (Å²) in [5, 5.41) is 8.76. The quantitative estimate of drug-likeness (QED) is 0.618. The first kappa shape index (κ1) is 17.3. The highest BCUT2D eigenvalue weighted by atomic mass is 16.5. The topological polar surface area (TPSA) is 110 Å². The zero-order valence-corrected chi connectivity index (χ0v) is 13.8. The molecule has 0 spiro atoms. The van der Waals surface area contributed by atoms with Gasteiger partial charge < -0.3 is 25.4 Å². The van der Waals surface area contributed by atoms with Gasteiger partial charge in [-0.1, -0.05) is 0 Å². The standard InChI is InChI=1S/C15H20N6O3/c1-10(22)16-6-7-17-14-18-9-19-15(21-14)20-11-4-5-12(23-2)13(8-11)24-3/h4-5,8-9H,6-7H2,1-3H3,(H,16,22)(H2,17,18,19,20,21). The molecule has 2 rings (SSSR count). The Morgan fingerprint density at radius 2 is 1.83 bits per heavy atom. The number of ether oxygens (including phenoxy) is 2. The highest BCUT2D eigenvalue weighted by Gasteiger charge is 2.06. The Hall–Kier alpha value is -3.10. The summed E-state index contributed by atoms with van der Waals surface area (Å²) in [6, 6.07) is 5.40. The molecule has 3 N–H and O–H groups in total. The predicted octanol–water partition coefficient (Wildman–Crippen LogP) is 1.18. The molecule has 0 saturated carbocycles. The minimum absolute atomic E-state index is 0.0803. The van der Waals surface area contributed by atoms with E-state index < -0.39 is 0 Å². The molecule has 1 aromatic heterocycles. The summed E-state index contributed by atoms with van der Waals surface area (Å²) in [7, 11) is 3.15. The Morgan fingerprint density at radius 1 is 1.08 bits per heavy atom. The second-order valence-electron chi connectivity index (χ2n) is 4.74. The van der Waals surface area contributed by atoms with E-state index in [0.29, 0.717) is 36.5 Å². The van der Waals surface area contributed by atoms with Crippen LogP contribution in [0.4, 0.5) is 17.6 Å². The predicted molar refractivity (Wildman–Crippen MR) is 89.8 cm³/mol. The molecule has 128 valence electrons. The van der Waals surface area contributed by atoms with Crippen molar-refractivity contribution in [3.63, 3.8) is 0 Å². The van der Waals surface area contributed by atoms with E-state index in [1.807, 2.05) is 6.07 Å². The zero-order valence-electron chi connectivity index (χ0n) is 13.8. The molecule has 0 saturated heterocycles. The highest BCUT2D eigenvalue weighted by molar-refractivity contribution is 5.72. The lowest BCUT2D eigenvalue weighted by atomic mass is 10.3. The van der Waals surface area contributed by atoms with Gasteiger partial charge in [-0.3, -0.25) is 4.79 Å². The molecule has 0 bridgehead atoms. The van der Waals surface area contributed by atoms with Gasteiger partial charge in [-0.15, -0.1) is 0 Å². The maximum Gasteiger partial charge on any atom is 0.231 e. The number of anilines is 3. The summed E-state index contributed by atoms with van der Waals surface area (Å²) in [6.45, 7) is 2.47. The van der Waals surface area contributed by atoms with E-state index in [-0.39, 0.29) is 5.91 Å². The Labute approximate surface area is 139 Å². The molecule has 0 atom stereocenters. The first-order valence-electron chi connectivity index (χ1n) is 7.28. The molecule has 0 aliphatic rings. The Kier molecular flexibility index (Phi) is 6.12. The van der Waals surface area contributed by atoms with Crippen LogP contribution in [0.5, 0.6) is 11.5 Å². The average molecular weight is 332 g/mol. The van der Waals surface area contributed by atoms with Gasteiger partial charge in [0.2, 0.25) is 17.8 Å². The van der Waals surface area contributed by atoms with Gasteiger partial charge in [0.15, 0.2) is 11.5 Å². The molecular formula is C15H20N6O3. The number of nitrogens with one attached hydrogen (secondary N) is 3. The van der Waals surface area contributed by atoms with E-state index in [9.17, 15) is 4.79 Å². The molecule has 0 radical (unpaired) electrons. The van der Waals surface area contributed by atoms with Crippen molar-refractivity contribution in [2.75, 3.05) is 37.9 Å². The summed E-state index contributed by atoms with van der Waals surface area (Å²) in [5.41, 5.74) is 0.753. The molecule has 9 heteroatoms. The lowest BCUT2D eigenvalue weighted by Gasteiger charge is -2.11. The summed E-state index contributed by atoms with van der Waals surface area (Å²) >= 11 is 0. The molecule has 1 amide bonds. The summed E-state index contributed by atoms with van der Waals surface area (Å²) in [4.78, 5) is 23.2. The van der Waals surface area contributed by atoms with Crippen LogP contribution in [-0.4, -0.2) is 48.2 Å². The van der Waals surface area contributed by atoms with Gasteiger partial charge in [-0.2, -0.15) is 4.98 Å². The normalized spacial score (nSPS) is 9.96. The zero-order chi connectivity index (χ0) is 17.4. The molecule has 0 fully saturated rings. The van der Waals surface area contributed by atoms with Gasteiger partial charge in [0.25, 0.3) is 0 Å². The SMILES string of the molecule is COc1ccc(Nc2ncnc(NCCNC(C)=O)n2)cc1OC. The minimum atomic E-state index is -0.0803. The number of carbonyl (C=O) groups is 1. The van der Waals surface area contributed by atoms with Gasteiger partial charge >= 0.3 is 0 Å². The van der Waals surface area contributed by atoms with Crippen LogP contribution in [0.1, 0.15) is 6.92 Å². The maximum atomic E-state index is 10.8.